The number of aryl methyl sites for hydroxylation is 1. The largest absolute Gasteiger partial charge is 0.376 e. The first-order valence-electron chi connectivity index (χ1n) is 7.39. The second-order valence-corrected chi connectivity index (χ2v) is 5.86. The van der Waals surface area contributed by atoms with E-state index in [4.69, 9.17) is 4.74 Å². The average Bonchev–Trinajstić information content (AvgIpc) is 2.84. The normalized spacial score (nSPS) is 29.4. The summed E-state index contributed by atoms with van der Waals surface area (Å²) in [7, 11) is 3.82. The minimum absolute atomic E-state index is 0.100. The third-order valence-corrected chi connectivity index (χ3v) is 4.49. The molecule has 1 aromatic rings. The number of rotatable bonds is 5. The monoisotopic (exact) mass is 265 g/mol. The molecule has 1 aromatic heterocycles. The van der Waals surface area contributed by atoms with Gasteiger partial charge in [0.05, 0.1) is 17.3 Å². The molecule has 0 spiro atoms. The van der Waals surface area contributed by atoms with Gasteiger partial charge in [-0.15, -0.1) is 0 Å². The molecule has 108 valence electrons. The smallest absolute Gasteiger partial charge is 0.0888 e. The van der Waals surface area contributed by atoms with Crippen LogP contribution in [0.15, 0.2) is 12.3 Å². The Hall–Kier alpha value is -0.870. The molecule has 1 fully saturated rings. The second kappa shape index (κ2) is 6.06. The van der Waals surface area contributed by atoms with Gasteiger partial charge in [-0.25, -0.2) is 0 Å². The molecule has 1 atom stereocenters. The number of nitrogens with one attached hydrogen (secondary N) is 1. The van der Waals surface area contributed by atoms with E-state index < -0.39 is 0 Å². The number of hydrogen-bond donors (Lipinski definition) is 1. The van der Waals surface area contributed by atoms with Crippen molar-refractivity contribution in [3.8, 4) is 0 Å². The molecule has 1 N–H and O–H groups in total. The van der Waals surface area contributed by atoms with Crippen molar-refractivity contribution in [2.24, 2.45) is 13.0 Å². The number of methoxy groups -OCH3 is 1. The Kier molecular flexibility index (Phi) is 4.63. The van der Waals surface area contributed by atoms with E-state index in [9.17, 15) is 0 Å². The van der Waals surface area contributed by atoms with Gasteiger partial charge in [-0.3, -0.25) is 4.68 Å². The summed E-state index contributed by atoms with van der Waals surface area (Å²) in [4.78, 5) is 0. The second-order valence-electron chi connectivity index (χ2n) is 5.86. The highest BCUT2D eigenvalue weighted by Gasteiger charge is 2.42. The van der Waals surface area contributed by atoms with Gasteiger partial charge in [-0.05, 0) is 44.2 Å². The topological polar surface area (TPSA) is 39.1 Å². The Balaban J connectivity index is 2.25. The lowest BCUT2D eigenvalue weighted by Gasteiger charge is -2.43. The summed E-state index contributed by atoms with van der Waals surface area (Å²) in [5.41, 5.74) is 0.998. The zero-order valence-corrected chi connectivity index (χ0v) is 12.6. The van der Waals surface area contributed by atoms with Crippen molar-refractivity contribution < 1.29 is 4.74 Å². The maximum absolute atomic E-state index is 5.99. The molecule has 0 radical (unpaired) electrons. The fraction of sp³-hybridized carbons (Fsp3) is 0.800. The minimum Gasteiger partial charge on any atom is -0.376 e. The first-order chi connectivity index (χ1) is 9.11. The highest BCUT2D eigenvalue weighted by atomic mass is 16.5. The van der Waals surface area contributed by atoms with E-state index in [0.717, 1.165) is 31.0 Å². The van der Waals surface area contributed by atoms with E-state index in [-0.39, 0.29) is 11.6 Å². The molecular weight excluding hydrogens is 238 g/mol. The highest BCUT2D eigenvalue weighted by Crippen LogP contribution is 2.42. The molecule has 4 heteroatoms. The SMILES string of the molecule is CCNC(c1ccn(C)n1)C1(OC)CCC(C)CC1. The van der Waals surface area contributed by atoms with E-state index in [1.807, 2.05) is 25.0 Å². The van der Waals surface area contributed by atoms with Crippen LogP contribution in [-0.2, 0) is 11.8 Å². The Labute approximate surface area is 116 Å². The Morgan fingerprint density at radius 1 is 1.53 bits per heavy atom. The van der Waals surface area contributed by atoms with Crippen LogP contribution >= 0.6 is 0 Å². The molecule has 2 rings (SSSR count). The van der Waals surface area contributed by atoms with Gasteiger partial charge in [0.25, 0.3) is 0 Å². The van der Waals surface area contributed by atoms with Crippen LogP contribution in [0.3, 0.4) is 0 Å². The molecule has 0 bridgehead atoms. The standard InChI is InChI=1S/C15H27N3O/c1-5-16-14(13-8-11-18(3)17-13)15(19-4)9-6-12(2)7-10-15/h8,11-12,14,16H,5-7,9-10H2,1-4H3. The van der Waals surface area contributed by atoms with E-state index in [1.54, 1.807) is 0 Å². The number of hydrogen-bond acceptors (Lipinski definition) is 3. The highest BCUT2D eigenvalue weighted by molar-refractivity contribution is 5.13. The zero-order chi connectivity index (χ0) is 13.9. The molecule has 1 unspecified atom stereocenters. The van der Waals surface area contributed by atoms with Crippen LogP contribution in [0.25, 0.3) is 0 Å². The van der Waals surface area contributed by atoms with E-state index in [2.05, 4.69) is 30.3 Å². The summed E-state index contributed by atoms with van der Waals surface area (Å²) >= 11 is 0. The lowest BCUT2D eigenvalue weighted by Crippen LogP contribution is -2.48. The average molecular weight is 265 g/mol. The van der Waals surface area contributed by atoms with Crippen molar-refractivity contribution in [2.75, 3.05) is 13.7 Å². The molecule has 1 aliphatic rings. The van der Waals surface area contributed by atoms with Gasteiger partial charge < -0.3 is 10.1 Å². The zero-order valence-electron chi connectivity index (χ0n) is 12.6. The van der Waals surface area contributed by atoms with Crippen molar-refractivity contribution in [3.63, 3.8) is 0 Å². The maximum atomic E-state index is 5.99. The fourth-order valence-electron chi connectivity index (χ4n) is 3.21. The fourth-order valence-corrected chi connectivity index (χ4v) is 3.21. The molecule has 0 amide bonds. The van der Waals surface area contributed by atoms with Crippen LogP contribution < -0.4 is 5.32 Å². The van der Waals surface area contributed by atoms with Crippen LogP contribution in [0.5, 0.6) is 0 Å². The van der Waals surface area contributed by atoms with E-state index in [0.29, 0.717) is 0 Å². The van der Waals surface area contributed by atoms with Crippen molar-refractivity contribution in [2.45, 2.75) is 51.2 Å². The van der Waals surface area contributed by atoms with Gasteiger partial charge in [-0.2, -0.15) is 5.10 Å². The number of ether oxygens (including phenoxy) is 1. The summed E-state index contributed by atoms with van der Waals surface area (Å²) in [6.45, 7) is 5.41. The first-order valence-corrected chi connectivity index (χ1v) is 7.39. The molecule has 1 saturated carbocycles. The molecular formula is C15H27N3O. The number of aromatic nitrogens is 2. The number of nitrogens with zero attached hydrogens (tertiary/aromatic N) is 2. The van der Waals surface area contributed by atoms with Gasteiger partial charge in [-0.1, -0.05) is 13.8 Å². The minimum atomic E-state index is -0.100. The van der Waals surface area contributed by atoms with Crippen molar-refractivity contribution in [1.29, 1.82) is 0 Å². The van der Waals surface area contributed by atoms with Crippen LogP contribution in [0.1, 0.15) is 51.3 Å². The molecule has 19 heavy (non-hydrogen) atoms. The molecule has 1 aliphatic carbocycles. The maximum Gasteiger partial charge on any atom is 0.0888 e. The van der Waals surface area contributed by atoms with Crippen LogP contribution in [-0.4, -0.2) is 29.0 Å². The lowest BCUT2D eigenvalue weighted by atomic mass is 9.74. The summed E-state index contributed by atoms with van der Waals surface area (Å²) in [5.74, 6) is 0.814. The van der Waals surface area contributed by atoms with Gasteiger partial charge in [0.15, 0.2) is 0 Å². The van der Waals surface area contributed by atoms with Crippen molar-refractivity contribution >= 4 is 0 Å². The van der Waals surface area contributed by atoms with Crippen molar-refractivity contribution in [1.82, 2.24) is 15.1 Å². The third-order valence-electron chi connectivity index (χ3n) is 4.49. The predicted octanol–water partition coefficient (Wildman–Crippen LogP) is 2.67. The van der Waals surface area contributed by atoms with Gasteiger partial charge in [0, 0.05) is 20.4 Å². The van der Waals surface area contributed by atoms with Crippen LogP contribution in [0.4, 0.5) is 0 Å². The Morgan fingerprint density at radius 3 is 2.68 bits per heavy atom. The Morgan fingerprint density at radius 2 is 2.21 bits per heavy atom. The quantitative estimate of drug-likeness (QED) is 0.889. The Bertz CT molecular complexity index is 394. The predicted molar refractivity (Wildman–Crippen MR) is 77.0 cm³/mol. The number of likely N-dealkylation sites (N-methyl/N-ethyl adjacent to an activating group) is 1. The molecule has 4 nitrogen and oxygen atoms in total. The molecule has 1 heterocycles. The summed E-state index contributed by atoms with van der Waals surface area (Å²) in [5, 5.41) is 8.18. The van der Waals surface area contributed by atoms with Crippen LogP contribution in [0.2, 0.25) is 0 Å². The third kappa shape index (κ3) is 3.00. The molecule has 0 saturated heterocycles. The van der Waals surface area contributed by atoms with Crippen LogP contribution in [0, 0.1) is 5.92 Å². The van der Waals surface area contributed by atoms with Gasteiger partial charge in [0.2, 0.25) is 0 Å². The van der Waals surface area contributed by atoms with E-state index in [1.165, 1.54) is 12.8 Å². The van der Waals surface area contributed by atoms with Gasteiger partial charge in [0.1, 0.15) is 0 Å². The van der Waals surface area contributed by atoms with Gasteiger partial charge >= 0.3 is 0 Å². The summed E-state index contributed by atoms with van der Waals surface area (Å²) < 4.78 is 7.86. The lowest BCUT2D eigenvalue weighted by molar-refractivity contribution is -0.0767. The van der Waals surface area contributed by atoms with E-state index >= 15 is 0 Å². The summed E-state index contributed by atoms with van der Waals surface area (Å²) in [6.07, 6.45) is 6.71. The molecule has 0 aromatic carbocycles. The van der Waals surface area contributed by atoms with Crippen molar-refractivity contribution in [3.05, 3.63) is 18.0 Å². The summed E-state index contributed by atoms with van der Waals surface area (Å²) in [6, 6.07) is 2.29. The molecule has 0 aliphatic heterocycles. The first kappa shape index (κ1) is 14.5.